The molecule has 1 saturated carbocycles. The van der Waals surface area contributed by atoms with Crippen molar-refractivity contribution in [3.8, 4) is 0 Å². The zero-order valence-corrected chi connectivity index (χ0v) is 15.9. The van der Waals surface area contributed by atoms with Gasteiger partial charge in [0.05, 0.1) is 6.54 Å². The molecule has 1 fully saturated rings. The fourth-order valence-corrected chi connectivity index (χ4v) is 4.28. The van der Waals surface area contributed by atoms with Gasteiger partial charge in [-0.05, 0) is 37.5 Å². The van der Waals surface area contributed by atoms with E-state index in [2.05, 4.69) is 37.3 Å². The summed E-state index contributed by atoms with van der Waals surface area (Å²) in [6.07, 6.45) is 11.6. The molecule has 0 amide bonds. The third-order valence-corrected chi connectivity index (χ3v) is 5.71. The molecular formula is C19H34N6. The van der Waals surface area contributed by atoms with E-state index in [9.17, 15) is 0 Å². The van der Waals surface area contributed by atoms with Crippen molar-refractivity contribution in [3.05, 3.63) is 11.6 Å². The van der Waals surface area contributed by atoms with Crippen molar-refractivity contribution in [1.29, 1.82) is 0 Å². The molecule has 1 aliphatic carbocycles. The molecule has 0 aromatic carbocycles. The second-order valence-electron chi connectivity index (χ2n) is 7.77. The highest BCUT2D eigenvalue weighted by atomic mass is 15.3. The van der Waals surface area contributed by atoms with Crippen LogP contribution < -0.4 is 10.6 Å². The number of aromatic nitrogens is 3. The van der Waals surface area contributed by atoms with Gasteiger partial charge in [0.1, 0.15) is 5.82 Å². The van der Waals surface area contributed by atoms with Crippen LogP contribution in [-0.4, -0.2) is 34.3 Å². The van der Waals surface area contributed by atoms with Gasteiger partial charge >= 0.3 is 0 Å². The van der Waals surface area contributed by atoms with Gasteiger partial charge in [0.25, 0.3) is 0 Å². The lowest BCUT2D eigenvalue weighted by atomic mass is 9.81. The molecule has 0 bridgehead atoms. The van der Waals surface area contributed by atoms with Gasteiger partial charge in [-0.3, -0.25) is 4.99 Å². The molecule has 1 aromatic heterocycles. The monoisotopic (exact) mass is 346 g/mol. The number of hydrogen-bond acceptors (Lipinski definition) is 3. The molecule has 25 heavy (non-hydrogen) atoms. The van der Waals surface area contributed by atoms with E-state index in [4.69, 9.17) is 0 Å². The minimum Gasteiger partial charge on any atom is -0.356 e. The number of hydrogen-bond donors (Lipinski definition) is 2. The summed E-state index contributed by atoms with van der Waals surface area (Å²) >= 11 is 0. The Labute approximate surface area is 151 Å². The first-order chi connectivity index (χ1) is 12.3. The van der Waals surface area contributed by atoms with E-state index in [1.165, 1.54) is 51.4 Å². The molecule has 1 aromatic rings. The van der Waals surface area contributed by atoms with E-state index in [0.717, 1.165) is 49.0 Å². The molecule has 2 heterocycles. The fourth-order valence-electron chi connectivity index (χ4n) is 4.28. The summed E-state index contributed by atoms with van der Waals surface area (Å²) in [7, 11) is 1.84. The predicted molar refractivity (Wildman–Crippen MR) is 102 cm³/mol. The van der Waals surface area contributed by atoms with Crippen molar-refractivity contribution in [2.75, 3.05) is 13.6 Å². The van der Waals surface area contributed by atoms with Gasteiger partial charge in [0, 0.05) is 26.6 Å². The van der Waals surface area contributed by atoms with Gasteiger partial charge in [0.15, 0.2) is 11.8 Å². The van der Waals surface area contributed by atoms with Crippen molar-refractivity contribution in [3.63, 3.8) is 0 Å². The zero-order valence-electron chi connectivity index (χ0n) is 15.9. The molecule has 2 unspecified atom stereocenters. The molecule has 0 radical (unpaired) electrons. The highest BCUT2D eigenvalue weighted by Gasteiger charge is 2.18. The van der Waals surface area contributed by atoms with Crippen molar-refractivity contribution in [2.24, 2.45) is 16.8 Å². The predicted octanol–water partition coefficient (Wildman–Crippen LogP) is 2.89. The minimum absolute atomic E-state index is 0.688. The lowest BCUT2D eigenvalue weighted by Gasteiger charge is -2.26. The summed E-state index contributed by atoms with van der Waals surface area (Å²) in [5, 5.41) is 15.6. The highest BCUT2D eigenvalue weighted by molar-refractivity contribution is 5.79. The molecule has 3 rings (SSSR count). The van der Waals surface area contributed by atoms with Crippen molar-refractivity contribution >= 4 is 5.96 Å². The molecule has 2 atom stereocenters. The van der Waals surface area contributed by atoms with E-state index in [1.807, 2.05) is 7.05 Å². The van der Waals surface area contributed by atoms with Crippen molar-refractivity contribution in [1.82, 2.24) is 25.4 Å². The Morgan fingerprint density at radius 1 is 1.16 bits per heavy atom. The summed E-state index contributed by atoms with van der Waals surface area (Å²) in [6, 6.07) is 0. The fraction of sp³-hybridized carbons (Fsp3) is 0.842. The third-order valence-electron chi connectivity index (χ3n) is 5.71. The van der Waals surface area contributed by atoms with Crippen LogP contribution in [0, 0.1) is 11.8 Å². The molecule has 0 spiro atoms. The lowest BCUT2D eigenvalue weighted by Crippen LogP contribution is -2.38. The van der Waals surface area contributed by atoms with Gasteiger partial charge in [-0.1, -0.05) is 32.6 Å². The molecule has 2 N–H and O–H groups in total. The third kappa shape index (κ3) is 5.19. The van der Waals surface area contributed by atoms with Gasteiger partial charge in [-0.15, -0.1) is 10.2 Å². The van der Waals surface area contributed by atoms with Gasteiger partial charge in [-0.2, -0.15) is 0 Å². The summed E-state index contributed by atoms with van der Waals surface area (Å²) in [5.41, 5.74) is 0. The number of rotatable bonds is 5. The number of aliphatic imine (C=N–C) groups is 1. The Kier molecular flexibility index (Phi) is 6.70. The largest absolute Gasteiger partial charge is 0.356 e. The van der Waals surface area contributed by atoms with Crippen LogP contribution in [0.4, 0.5) is 0 Å². The van der Waals surface area contributed by atoms with Crippen LogP contribution in [-0.2, 0) is 19.5 Å². The second-order valence-corrected chi connectivity index (χ2v) is 7.77. The number of aryl methyl sites for hydroxylation is 1. The molecule has 1 aliphatic heterocycles. The average Bonchev–Trinajstić information content (AvgIpc) is 2.85. The molecule has 0 saturated heterocycles. The minimum atomic E-state index is 0.688. The Hall–Kier alpha value is -1.59. The van der Waals surface area contributed by atoms with Crippen LogP contribution in [0.1, 0.15) is 69.9 Å². The maximum absolute atomic E-state index is 4.38. The van der Waals surface area contributed by atoms with Gasteiger partial charge in [0.2, 0.25) is 0 Å². The quantitative estimate of drug-likeness (QED) is 0.635. The number of guanidine groups is 1. The molecular weight excluding hydrogens is 312 g/mol. The Bertz CT molecular complexity index is 564. The lowest BCUT2D eigenvalue weighted by molar-refractivity contribution is 0.270. The van der Waals surface area contributed by atoms with E-state index < -0.39 is 0 Å². The maximum Gasteiger partial charge on any atom is 0.191 e. The summed E-state index contributed by atoms with van der Waals surface area (Å²) in [5.74, 6) is 4.82. The molecule has 2 aliphatic rings. The van der Waals surface area contributed by atoms with E-state index in [-0.39, 0.29) is 0 Å². The van der Waals surface area contributed by atoms with Crippen LogP contribution in [0.25, 0.3) is 0 Å². The second kappa shape index (κ2) is 9.20. The van der Waals surface area contributed by atoms with Crippen LogP contribution in [0.15, 0.2) is 4.99 Å². The topological polar surface area (TPSA) is 67.1 Å². The number of nitrogens with one attached hydrogen (secondary N) is 2. The normalized spacial score (nSPS) is 24.5. The number of fused-ring (bicyclic) bond motifs is 1. The summed E-state index contributed by atoms with van der Waals surface area (Å²) < 4.78 is 2.29. The molecule has 140 valence electrons. The van der Waals surface area contributed by atoms with E-state index in [1.54, 1.807) is 0 Å². The van der Waals surface area contributed by atoms with Crippen LogP contribution >= 0.6 is 0 Å². The standard InChI is InChI=1S/C19H34N6/c1-15-7-6-8-16(13-15)10-11-21-19(20-2)22-14-18-24-23-17-9-4-3-5-12-25(17)18/h15-16H,3-14H2,1-2H3,(H2,20,21,22). The first-order valence-corrected chi connectivity index (χ1v) is 10.1. The smallest absolute Gasteiger partial charge is 0.191 e. The number of nitrogens with zero attached hydrogens (tertiary/aromatic N) is 4. The zero-order chi connectivity index (χ0) is 17.5. The van der Waals surface area contributed by atoms with Crippen molar-refractivity contribution in [2.45, 2.75) is 77.8 Å². The summed E-state index contributed by atoms with van der Waals surface area (Å²) in [4.78, 5) is 4.35. The van der Waals surface area contributed by atoms with Gasteiger partial charge < -0.3 is 15.2 Å². The highest BCUT2D eigenvalue weighted by Crippen LogP contribution is 2.30. The molecule has 6 nitrogen and oxygen atoms in total. The average molecular weight is 347 g/mol. The first-order valence-electron chi connectivity index (χ1n) is 10.1. The van der Waals surface area contributed by atoms with Crippen LogP contribution in [0.2, 0.25) is 0 Å². The van der Waals surface area contributed by atoms with E-state index >= 15 is 0 Å². The SMILES string of the molecule is CN=C(NCCC1CCCC(C)C1)NCc1nnc2n1CCCCC2. The summed E-state index contributed by atoms with van der Waals surface area (Å²) in [6.45, 7) is 5.12. The maximum atomic E-state index is 4.38. The molecule has 6 heteroatoms. The first kappa shape index (κ1) is 18.2. The van der Waals surface area contributed by atoms with Gasteiger partial charge in [-0.25, -0.2) is 0 Å². The Morgan fingerprint density at radius 2 is 2.08 bits per heavy atom. The van der Waals surface area contributed by atoms with Crippen LogP contribution in [0.5, 0.6) is 0 Å². The van der Waals surface area contributed by atoms with Crippen LogP contribution in [0.3, 0.4) is 0 Å². The van der Waals surface area contributed by atoms with E-state index in [0.29, 0.717) is 6.54 Å². The van der Waals surface area contributed by atoms with Crippen molar-refractivity contribution < 1.29 is 0 Å². The Balaban J connectivity index is 1.43. The Morgan fingerprint density at radius 3 is 2.92 bits per heavy atom.